The van der Waals surface area contributed by atoms with Crippen LogP contribution >= 0.6 is 0 Å². The predicted octanol–water partition coefficient (Wildman–Crippen LogP) is 1.61. The van der Waals surface area contributed by atoms with Crippen LogP contribution in [0.2, 0.25) is 0 Å². The Labute approximate surface area is 80.4 Å². The van der Waals surface area contributed by atoms with E-state index in [2.05, 4.69) is 13.8 Å². The lowest BCUT2D eigenvalue weighted by Crippen LogP contribution is -2.10. The minimum absolute atomic E-state index is 0.295. The molecule has 13 heavy (non-hydrogen) atoms. The molecule has 1 rings (SSSR count). The Morgan fingerprint density at radius 3 is 1.77 bits per heavy atom. The van der Waals surface area contributed by atoms with E-state index in [1.807, 2.05) is 0 Å². The van der Waals surface area contributed by atoms with Gasteiger partial charge in [0.05, 0.1) is 13.2 Å². The smallest absolute Gasteiger partial charge is 0.110 e. The first-order chi connectivity index (χ1) is 6.38. The molecule has 0 N–H and O–H groups in total. The molecule has 0 amide bonds. The molecule has 0 aliphatic carbocycles. The lowest BCUT2D eigenvalue weighted by molar-refractivity contribution is 0.115. The van der Waals surface area contributed by atoms with Gasteiger partial charge in [-0.2, -0.15) is 0 Å². The van der Waals surface area contributed by atoms with E-state index < -0.39 is 0 Å². The van der Waals surface area contributed by atoms with Gasteiger partial charge >= 0.3 is 0 Å². The van der Waals surface area contributed by atoms with Crippen LogP contribution in [-0.4, -0.2) is 38.6 Å². The van der Waals surface area contributed by atoms with Gasteiger partial charge in [-0.05, 0) is 12.8 Å². The first kappa shape index (κ1) is 11.0. The standard InChI is InChI=1S/C10H20O3/c1-3-5-11-7-9-10(13-9)8-12-6-4-2/h9-10H,3-8H2,1-2H3/t9-,10+. The second-order valence-corrected chi connectivity index (χ2v) is 3.36. The monoisotopic (exact) mass is 188 g/mol. The van der Waals surface area contributed by atoms with Crippen molar-refractivity contribution in [1.29, 1.82) is 0 Å². The van der Waals surface area contributed by atoms with Crippen molar-refractivity contribution in [1.82, 2.24) is 0 Å². The van der Waals surface area contributed by atoms with E-state index >= 15 is 0 Å². The topological polar surface area (TPSA) is 31.0 Å². The molecule has 1 aliphatic heterocycles. The largest absolute Gasteiger partial charge is 0.379 e. The number of hydrogen-bond acceptors (Lipinski definition) is 3. The van der Waals surface area contributed by atoms with Crippen molar-refractivity contribution in [2.24, 2.45) is 0 Å². The maximum atomic E-state index is 5.36. The number of rotatable bonds is 8. The molecule has 0 radical (unpaired) electrons. The van der Waals surface area contributed by atoms with Gasteiger partial charge in [-0.25, -0.2) is 0 Å². The Morgan fingerprint density at radius 2 is 1.38 bits per heavy atom. The highest BCUT2D eigenvalue weighted by molar-refractivity contribution is 4.84. The van der Waals surface area contributed by atoms with E-state index in [1.165, 1.54) is 0 Å². The lowest BCUT2D eigenvalue weighted by Gasteiger charge is -1.99. The van der Waals surface area contributed by atoms with Gasteiger partial charge in [-0.1, -0.05) is 13.8 Å². The van der Waals surface area contributed by atoms with Crippen molar-refractivity contribution in [2.75, 3.05) is 26.4 Å². The van der Waals surface area contributed by atoms with Gasteiger partial charge < -0.3 is 14.2 Å². The van der Waals surface area contributed by atoms with Crippen LogP contribution in [0.3, 0.4) is 0 Å². The Hall–Kier alpha value is -0.120. The zero-order valence-electron chi connectivity index (χ0n) is 8.62. The van der Waals surface area contributed by atoms with Crippen LogP contribution in [0, 0.1) is 0 Å². The molecular weight excluding hydrogens is 168 g/mol. The van der Waals surface area contributed by atoms with E-state index in [1.54, 1.807) is 0 Å². The molecule has 1 heterocycles. The van der Waals surface area contributed by atoms with Crippen LogP contribution in [0.4, 0.5) is 0 Å². The van der Waals surface area contributed by atoms with Crippen LogP contribution in [0.15, 0.2) is 0 Å². The quantitative estimate of drug-likeness (QED) is 0.428. The average molecular weight is 188 g/mol. The number of ether oxygens (including phenoxy) is 3. The highest BCUT2D eigenvalue weighted by atomic mass is 16.6. The average Bonchev–Trinajstić information content (AvgIpc) is 2.85. The molecule has 0 saturated carbocycles. The third-order valence-corrected chi connectivity index (χ3v) is 1.95. The van der Waals surface area contributed by atoms with Gasteiger partial charge in [-0.15, -0.1) is 0 Å². The second kappa shape index (κ2) is 6.35. The fourth-order valence-corrected chi connectivity index (χ4v) is 1.16. The van der Waals surface area contributed by atoms with E-state index in [0.29, 0.717) is 12.2 Å². The summed E-state index contributed by atoms with van der Waals surface area (Å²) in [4.78, 5) is 0. The molecule has 2 atom stereocenters. The Bertz CT molecular complexity index is 113. The van der Waals surface area contributed by atoms with Crippen molar-refractivity contribution >= 4 is 0 Å². The molecule has 1 fully saturated rings. The van der Waals surface area contributed by atoms with E-state index in [0.717, 1.165) is 39.3 Å². The second-order valence-electron chi connectivity index (χ2n) is 3.36. The molecule has 1 aliphatic rings. The summed E-state index contributed by atoms with van der Waals surface area (Å²) >= 11 is 0. The van der Waals surface area contributed by atoms with E-state index in [4.69, 9.17) is 14.2 Å². The molecular formula is C10H20O3. The van der Waals surface area contributed by atoms with Crippen LogP contribution < -0.4 is 0 Å². The number of hydrogen-bond donors (Lipinski definition) is 0. The SMILES string of the molecule is CCCOC[C@@H]1O[C@@H]1COCCC. The van der Waals surface area contributed by atoms with Gasteiger partial charge in [0.25, 0.3) is 0 Å². The predicted molar refractivity (Wildman–Crippen MR) is 50.9 cm³/mol. The van der Waals surface area contributed by atoms with E-state index in [-0.39, 0.29) is 0 Å². The minimum Gasteiger partial charge on any atom is -0.379 e. The first-order valence-corrected chi connectivity index (χ1v) is 5.19. The molecule has 0 spiro atoms. The third-order valence-electron chi connectivity index (χ3n) is 1.95. The molecule has 0 aromatic carbocycles. The van der Waals surface area contributed by atoms with Crippen molar-refractivity contribution in [2.45, 2.75) is 38.9 Å². The normalized spacial score (nSPS) is 26.3. The van der Waals surface area contributed by atoms with Gasteiger partial charge in [-0.3, -0.25) is 0 Å². The van der Waals surface area contributed by atoms with Crippen LogP contribution in [0.1, 0.15) is 26.7 Å². The Balaban J connectivity index is 1.85. The van der Waals surface area contributed by atoms with E-state index in [9.17, 15) is 0 Å². The summed E-state index contributed by atoms with van der Waals surface area (Å²) in [7, 11) is 0. The van der Waals surface area contributed by atoms with Gasteiger partial charge in [0.15, 0.2) is 0 Å². The van der Waals surface area contributed by atoms with Crippen molar-refractivity contribution in [3.63, 3.8) is 0 Å². The van der Waals surface area contributed by atoms with Gasteiger partial charge in [0.1, 0.15) is 12.2 Å². The Morgan fingerprint density at radius 1 is 0.923 bits per heavy atom. The fourth-order valence-electron chi connectivity index (χ4n) is 1.16. The summed E-state index contributed by atoms with van der Waals surface area (Å²) in [6.07, 6.45) is 2.74. The molecule has 0 aromatic rings. The zero-order valence-corrected chi connectivity index (χ0v) is 8.62. The minimum atomic E-state index is 0.295. The maximum Gasteiger partial charge on any atom is 0.110 e. The highest BCUT2D eigenvalue weighted by Crippen LogP contribution is 2.22. The Kier molecular flexibility index (Phi) is 5.35. The third kappa shape index (κ3) is 4.60. The summed E-state index contributed by atoms with van der Waals surface area (Å²) < 4.78 is 16.1. The van der Waals surface area contributed by atoms with Gasteiger partial charge in [0, 0.05) is 13.2 Å². The van der Waals surface area contributed by atoms with Crippen molar-refractivity contribution < 1.29 is 14.2 Å². The highest BCUT2D eigenvalue weighted by Gasteiger charge is 2.38. The summed E-state index contributed by atoms with van der Waals surface area (Å²) in [6, 6.07) is 0. The molecule has 78 valence electrons. The van der Waals surface area contributed by atoms with Crippen LogP contribution in [0.5, 0.6) is 0 Å². The summed E-state index contributed by atoms with van der Waals surface area (Å²) in [5.41, 5.74) is 0. The maximum absolute atomic E-state index is 5.36. The van der Waals surface area contributed by atoms with Crippen LogP contribution in [0.25, 0.3) is 0 Å². The van der Waals surface area contributed by atoms with Crippen molar-refractivity contribution in [3.05, 3.63) is 0 Å². The molecule has 0 bridgehead atoms. The molecule has 3 heteroatoms. The van der Waals surface area contributed by atoms with Crippen molar-refractivity contribution in [3.8, 4) is 0 Å². The summed E-state index contributed by atoms with van der Waals surface area (Å²) in [5, 5.41) is 0. The summed E-state index contributed by atoms with van der Waals surface area (Å²) in [5.74, 6) is 0. The first-order valence-electron chi connectivity index (χ1n) is 5.19. The lowest BCUT2D eigenvalue weighted by atomic mass is 10.3. The number of epoxide rings is 1. The van der Waals surface area contributed by atoms with Gasteiger partial charge in [0.2, 0.25) is 0 Å². The van der Waals surface area contributed by atoms with Crippen LogP contribution in [-0.2, 0) is 14.2 Å². The molecule has 0 unspecified atom stereocenters. The molecule has 0 aromatic heterocycles. The zero-order chi connectivity index (χ0) is 9.52. The molecule has 3 nitrogen and oxygen atoms in total. The summed E-state index contributed by atoms with van der Waals surface area (Å²) in [6.45, 7) is 7.35. The molecule has 1 saturated heterocycles. The fraction of sp³-hybridized carbons (Fsp3) is 1.00.